The quantitative estimate of drug-likeness (QED) is 0.157. The van der Waals surface area contributed by atoms with Crippen molar-refractivity contribution in [3.05, 3.63) is 107 Å². The first-order chi connectivity index (χ1) is 23.7. The number of pyridine rings is 1. The molecule has 6 rings (SSSR count). The molecule has 10 nitrogen and oxygen atoms in total. The van der Waals surface area contributed by atoms with Crippen LogP contribution in [0.4, 0.5) is 23.2 Å². The maximum atomic E-state index is 13.5. The van der Waals surface area contributed by atoms with Gasteiger partial charge in [0.15, 0.2) is 6.61 Å². The van der Waals surface area contributed by atoms with Crippen molar-refractivity contribution in [2.45, 2.75) is 17.6 Å². The molecule has 3 heterocycles. The van der Waals surface area contributed by atoms with Crippen LogP contribution < -0.4 is 14.2 Å². The van der Waals surface area contributed by atoms with Gasteiger partial charge in [-0.05, 0) is 60.2 Å². The summed E-state index contributed by atoms with van der Waals surface area (Å²) in [6.07, 6.45) is -3.11. The van der Waals surface area contributed by atoms with Crippen molar-refractivity contribution in [3.63, 3.8) is 0 Å². The van der Waals surface area contributed by atoms with Gasteiger partial charge in [0.1, 0.15) is 23.0 Å². The van der Waals surface area contributed by atoms with E-state index in [2.05, 4.69) is 14.6 Å². The third kappa shape index (κ3) is 8.29. The van der Waals surface area contributed by atoms with E-state index in [4.69, 9.17) is 21.1 Å². The summed E-state index contributed by atoms with van der Waals surface area (Å²) in [6.45, 7) is 1.54. The molecule has 2 aromatic heterocycles. The smallest absolute Gasteiger partial charge is 0.422 e. The molecule has 0 radical (unpaired) electrons. The SMILES string of the molecule is Cn1c(C(=O)N2CCN(Cc3ccc(OCC(F)(F)F)cc3)CC2)cc2ccc(Oc3ccc(NS(=O)(=O)c4ccc(F)c(Cl)c4)cn3)cc21. The van der Waals surface area contributed by atoms with Gasteiger partial charge in [0.25, 0.3) is 15.9 Å². The van der Waals surface area contributed by atoms with Crippen LogP contribution in [0.25, 0.3) is 10.9 Å². The molecule has 50 heavy (non-hydrogen) atoms. The number of benzene rings is 3. The summed E-state index contributed by atoms with van der Waals surface area (Å²) in [7, 11) is -2.24. The van der Waals surface area contributed by atoms with Gasteiger partial charge < -0.3 is 18.9 Å². The molecule has 0 spiro atoms. The van der Waals surface area contributed by atoms with E-state index in [1.165, 1.54) is 30.5 Å². The standard InChI is InChI=1S/C34H30ClF4N5O5S/c1-42-30-17-26(49-32-11-5-24(19-40-32)41-50(46,47)27-9-10-29(36)28(35)18-27)8-4-23(30)16-31(42)33(45)44-14-12-43(13-15-44)20-22-2-6-25(7-3-22)48-21-34(37,38)39/h2-11,16-19,41H,12-15,20-21H2,1H3. The largest absolute Gasteiger partial charge is 0.484 e. The number of carbonyl (C=O) groups is 1. The van der Waals surface area contributed by atoms with Crippen molar-refractivity contribution < 1.29 is 40.2 Å². The summed E-state index contributed by atoms with van der Waals surface area (Å²) in [5.74, 6) is -0.0384. The van der Waals surface area contributed by atoms with E-state index >= 15 is 0 Å². The summed E-state index contributed by atoms with van der Waals surface area (Å²) in [5, 5.41) is 0.519. The lowest BCUT2D eigenvalue weighted by molar-refractivity contribution is -0.153. The molecular weight excluding hydrogens is 702 g/mol. The molecule has 1 aliphatic rings. The summed E-state index contributed by atoms with van der Waals surface area (Å²) < 4.78 is 90.8. The molecule has 1 aliphatic heterocycles. The zero-order chi connectivity index (χ0) is 35.6. The Morgan fingerprint density at radius 1 is 0.940 bits per heavy atom. The Morgan fingerprint density at radius 2 is 1.66 bits per heavy atom. The van der Waals surface area contributed by atoms with Crippen LogP contribution in [0, 0.1) is 5.82 Å². The second kappa shape index (κ2) is 14.2. The fourth-order valence-electron chi connectivity index (χ4n) is 5.44. The van der Waals surface area contributed by atoms with E-state index < -0.39 is 28.6 Å². The third-order valence-corrected chi connectivity index (χ3v) is 9.71. The van der Waals surface area contributed by atoms with Gasteiger partial charge in [-0.2, -0.15) is 13.2 Å². The predicted octanol–water partition coefficient (Wildman–Crippen LogP) is 6.86. The highest BCUT2D eigenvalue weighted by atomic mass is 35.5. The van der Waals surface area contributed by atoms with Crippen LogP contribution in [-0.4, -0.2) is 72.6 Å². The van der Waals surface area contributed by atoms with Crippen LogP contribution >= 0.6 is 11.6 Å². The number of piperazine rings is 1. The number of aromatic nitrogens is 2. The van der Waals surface area contributed by atoms with E-state index in [1.54, 1.807) is 40.8 Å². The average molecular weight is 732 g/mol. The van der Waals surface area contributed by atoms with Crippen molar-refractivity contribution in [1.82, 2.24) is 19.4 Å². The van der Waals surface area contributed by atoms with Gasteiger partial charge >= 0.3 is 6.18 Å². The number of hydrogen-bond acceptors (Lipinski definition) is 7. The van der Waals surface area contributed by atoms with Crippen LogP contribution in [0.5, 0.6) is 17.4 Å². The van der Waals surface area contributed by atoms with E-state index in [1.807, 2.05) is 12.1 Å². The molecule has 0 saturated carbocycles. The second-order valence-corrected chi connectivity index (χ2v) is 13.7. The Balaban J connectivity index is 1.04. The molecule has 1 saturated heterocycles. The van der Waals surface area contributed by atoms with Crippen LogP contribution in [0.2, 0.25) is 5.02 Å². The number of hydrogen-bond donors (Lipinski definition) is 1. The number of alkyl halides is 3. The molecule has 0 aliphatic carbocycles. The molecule has 16 heteroatoms. The normalized spacial score (nSPS) is 14.2. The average Bonchev–Trinajstić information content (AvgIpc) is 3.41. The topological polar surface area (TPSA) is 106 Å². The number of fused-ring (bicyclic) bond motifs is 1. The van der Waals surface area contributed by atoms with Gasteiger partial charge in [-0.25, -0.2) is 17.8 Å². The number of ether oxygens (including phenoxy) is 2. The second-order valence-electron chi connectivity index (χ2n) is 11.6. The van der Waals surface area contributed by atoms with Crippen molar-refractivity contribution in [3.8, 4) is 17.4 Å². The fraction of sp³-hybridized carbons (Fsp3) is 0.235. The molecule has 0 unspecified atom stereocenters. The zero-order valence-electron chi connectivity index (χ0n) is 26.5. The van der Waals surface area contributed by atoms with Crippen LogP contribution in [0.15, 0.2) is 90.0 Å². The zero-order valence-corrected chi connectivity index (χ0v) is 28.0. The molecule has 1 amide bonds. The number of nitrogens with one attached hydrogen (secondary N) is 1. The first kappa shape index (κ1) is 35.0. The van der Waals surface area contributed by atoms with Crippen LogP contribution in [0.1, 0.15) is 16.1 Å². The maximum absolute atomic E-state index is 13.5. The molecule has 0 bridgehead atoms. The highest BCUT2D eigenvalue weighted by Gasteiger charge is 2.28. The Hall–Kier alpha value is -4.86. The van der Waals surface area contributed by atoms with Gasteiger partial charge in [-0.3, -0.25) is 14.4 Å². The lowest BCUT2D eigenvalue weighted by Gasteiger charge is -2.34. The highest BCUT2D eigenvalue weighted by molar-refractivity contribution is 7.92. The minimum absolute atomic E-state index is 0.111. The van der Waals surface area contributed by atoms with E-state index in [9.17, 15) is 30.8 Å². The number of halogens is 5. The van der Waals surface area contributed by atoms with Crippen molar-refractivity contribution in [2.24, 2.45) is 7.05 Å². The van der Waals surface area contributed by atoms with E-state index in [-0.39, 0.29) is 33.1 Å². The Labute approximate surface area is 289 Å². The van der Waals surface area contributed by atoms with Gasteiger partial charge in [0.2, 0.25) is 5.88 Å². The minimum Gasteiger partial charge on any atom is -0.484 e. The Bertz CT molecular complexity index is 2120. The van der Waals surface area contributed by atoms with Gasteiger partial charge in [0, 0.05) is 57.3 Å². The Kier molecular flexibility index (Phi) is 9.91. The number of sulfonamides is 1. The molecule has 1 N–H and O–H groups in total. The number of aryl methyl sites for hydroxylation is 1. The van der Waals surface area contributed by atoms with Gasteiger partial charge in [0.05, 0.1) is 27.3 Å². The molecule has 1 fully saturated rings. The number of anilines is 1. The van der Waals surface area contributed by atoms with Crippen LogP contribution in [-0.2, 0) is 23.6 Å². The van der Waals surface area contributed by atoms with Gasteiger partial charge in [-0.1, -0.05) is 23.7 Å². The number of amides is 1. The molecular formula is C34H30ClF4N5O5S. The fourth-order valence-corrected chi connectivity index (χ4v) is 6.76. The summed E-state index contributed by atoms with van der Waals surface area (Å²) in [4.78, 5) is 21.5. The summed E-state index contributed by atoms with van der Waals surface area (Å²) >= 11 is 5.72. The predicted molar refractivity (Wildman–Crippen MR) is 179 cm³/mol. The lowest BCUT2D eigenvalue weighted by Crippen LogP contribution is -2.48. The number of carbonyl (C=O) groups excluding carboxylic acids is 1. The molecule has 3 aromatic carbocycles. The number of nitrogens with zero attached hydrogens (tertiary/aromatic N) is 4. The summed E-state index contributed by atoms with van der Waals surface area (Å²) in [5.41, 5.74) is 2.36. The first-order valence-corrected chi connectivity index (χ1v) is 17.1. The maximum Gasteiger partial charge on any atom is 0.422 e. The molecule has 5 aromatic rings. The monoisotopic (exact) mass is 731 g/mol. The first-order valence-electron chi connectivity index (χ1n) is 15.3. The summed E-state index contributed by atoms with van der Waals surface area (Å²) in [6, 6.07) is 19.7. The minimum atomic E-state index is -4.40. The van der Waals surface area contributed by atoms with E-state index in [0.717, 1.165) is 34.7 Å². The van der Waals surface area contributed by atoms with Crippen molar-refractivity contribution in [1.29, 1.82) is 0 Å². The molecule has 262 valence electrons. The lowest BCUT2D eigenvalue weighted by atomic mass is 10.2. The number of rotatable bonds is 10. The highest BCUT2D eigenvalue weighted by Crippen LogP contribution is 2.29. The van der Waals surface area contributed by atoms with Crippen molar-refractivity contribution in [2.75, 3.05) is 37.5 Å². The van der Waals surface area contributed by atoms with Crippen molar-refractivity contribution >= 4 is 44.1 Å². The van der Waals surface area contributed by atoms with Crippen LogP contribution in [0.3, 0.4) is 0 Å². The van der Waals surface area contributed by atoms with Gasteiger partial charge in [-0.15, -0.1) is 0 Å². The van der Waals surface area contributed by atoms with E-state index in [0.29, 0.717) is 44.2 Å². The Morgan fingerprint density at radius 3 is 2.32 bits per heavy atom. The third-order valence-electron chi connectivity index (χ3n) is 8.04. The molecule has 0 atom stereocenters.